The molecule has 0 spiro atoms. The highest BCUT2D eigenvalue weighted by molar-refractivity contribution is 7.13. The number of rotatable bonds is 8. The fourth-order valence-corrected chi connectivity index (χ4v) is 4.76. The molecule has 0 aliphatic heterocycles. The van der Waals surface area contributed by atoms with Gasteiger partial charge in [0.15, 0.2) is 0 Å². The Kier molecular flexibility index (Phi) is 6.75. The van der Waals surface area contributed by atoms with E-state index in [1.807, 2.05) is 30.5 Å². The van der Waals surface area contributed by atoms with Gasteiger partial charge in [-0.05, 0) is 62.2 Å². The fourth-order valence-electron chi connectivity index (χ4n) is 3.97. The number of benzene rings is 2. The topological polar surface area (TPSA) is 130 Å². The van der Waals surface area contributed by atoms with Gasteiger partial charge in [-0.3, -0.25) is 14.5 Å². The quantitative estimate of drug-likeness (QED) is 0.248. The van der Waals surface area contributed by atoms with E-state index in [9.17, 15) is 19.8 Å². The van der Waals surface area contributed by atoms with Crippen LogP contribution in [0.4, 0.5) is 5.69 Å². The first-order chi connectivity index (χ1) is 18.2. The minimum atomic E-state index is -1.04. The molecule has 0 radical (unpaired) electrons. The average molecular weight is 528 g/mol. The van der Waals surface area contributed by atoms with Gasteiger partial charge in [0, 0.05) is 52.7 Å². The van der Waals surface area contributed by atoms with Crippen molar-refractivity contribution in [2.75, 3.05) is 5.32 Å². The van der Waals surface area contributed by atoms with E-state index in [2.05, 4.69) is 20.4 Å². The van der Waals surface area contributed by atoms with Gasteiger partial charge in [-0.2, -0.15) is 5.10 Å². The number of carbonyl (C=O) groups is 2. The van der Waals surface area contributed by atoms with E-state index in [0.29, 0.717) is 40.3 Å². The van der Waals surface area contributed by atoms with E-state index in [1.165, 1.54) is 17.4 Å². The van der Waals surface area contributed by atoms with E-state index in [-0.39, 0.29) is 17.2 Å². The number of carboxylic acids is 1. The first-order valence-electron chi connectivity index (χ1n) is 11.9. The van der Waals surface area contributed by atoms with Gasteiger partial charge in [0.2, 0.25) is 0 Å². The molecule has 3 aromatic heterocycles. The van der Waals surface area contributed by atoms with Gasteiger partial charge in [0.25, 0.3) is 5.91 Å². The lowest BCUT2D eigenvalue weighted by Gasteiger charge is -2.16. The first kappa shape index (κ1) is 25.2. The number of aromatic carboxylic acids is 1. The fraction of sp³-hybridized carbons (Fsp3) is 0.179. The molecule has 5 rings (SSSR count). The maximum atomic E-state index is 13.2. The number of thiazole rings is 1. The van der Waals surface area contributed by atoms with Crippen molar-refractivity contribution in [3.05, 3.63) is 83.8 Å². The smallest absolute Gasteiger partial charge is 0.335 e. The van der Waals surface area contributed by atoms with Crippen molar-refractivity contribution < 1.29 is 19.8 Å². The van der Waals surface area contributed by atoms with Gasteiger partial charge in [-0.15, -0.1) is 11.3 Å². The summed E-state index contributed by atoms with van der Waals surface area (Å²) in [6.07, 6.45) is 5.74. The molecule has 2 aromatic carbocycles. The third kappa shape index (κ3) is 5.61. The van der Waals surface area contributed by atoms with E-state index in [4.69, 9.17) is 0 Å². The molecular weight excluding hydrogens is 502 g/mol. The zero-order chi connectivity index (χ0) is 26.9. The van der Waals surface area contributed by atoms with Crippen molar-refractivity contribution in [1.82, 2.24) is 19.7 Å². The molecule has 9 nitrogen and oxygen atoms in total. The van der Waals surface area contributed by atoms with Crippen LogP contribution in [0.15, 0.2) is 72.5 Å². The lowest BCUT2D eigenvalue weighted by molar-refractivity contribution is 0.0650. The number of aliphatic hydroxyl groups is 1. The number of amides is 1. The molecule has 192 valence electrons. The summed E-state index contributed by atoms with van der Waals surface area (Å²) >= 11 is 1.35. The number of carbonyl (C=O) groups excluding carboxylic acids is 1. The van der Waals surface area contributed by atoms with Crippen molar-refractivity contribution in [3.63, 3.8) is 0 Å². The molecule has 10 heteroatoms. The molecule has 38 heavy (non-hydrogen) atoms. The van der Waals surface area contributed by atoms with Gasteiger partial charge < -0.3 is 15.5 Å². The van der Waals surface area contributed by atoms with E-state index in [0.717, 1.165) is 10.9 Å². The molecule has 0 atom stereocenters. The second-order valence-corrected chi connectivity index (χ2v) is 10.4. The van der Waals surface area contributed by atoms with Gasteiger partial charge in [0.05, 0.1) is 16.7 Å². The summed E-state index contributed by atoms with van der Waals surface area (Å²) in [6, 6.07) is 13.9. The van der Waals surface area contributed by atoms with Crippen LogP contribution in [-0.4, -0.2) is 47.4 Å². The zero-order valence-electron chi connectivity index (χ0n) is 20.8. The van der Waals surface area contributed by atoms with Crippen molar-refractivity contribution in [2.45, 2.75) is 32.4 Å². The SMILES string of the molecule is CC(C)(O)CCn1cc2cc(NC(=O)c3csc(-c4cccnc4)n3)c(-c3cccc(C(=O)O)c3)cc2n1. The molecule has 3 heterocycles. The Morgan fingerprint density at radius 3 is 2.66 bits per heavy atom. The number of hydrogen-bond acceptors (Lipinski definition) is 7. The number of anilines is 1. The van der Waals surface area contributed by atoms with Crippen LogP contribution in [0.3, 0.4) is 0 Å². The monoisotopic (exact) mass is 527 g/mol. The Balaban J connectivity index is 1.52. The number of nitrogens with zero attached hydrogens (tertiary/aromatic N) is 4. The number of fused-ring (bicyclic) bond motifs is 1. The van der Waals surface area contributed by atoms with Crippen molar-refractivity contribution in [2.24, 2.45) is 0 Å². The normalized spacial score (nSPS) is 11.6. The minimum absolute atomic E-state index is 0.135. The molecule has 0 saturated carbocycles. The molecule has 0 bridgehead atoms. The number of carboxylic acid groups (broad SMARTS) is 1. The van der Waals surface area contributed by atoms with Crippen molar-refractivity contribution >= 4 is 39.8 Å². The summed E-state index contributed by atoms with van der Waals surface area (Å²) in [7, 11) is 0. The summed E-state index contributed by atoms with van der Waals surface area (Å²) in [6.45, 7) is 4.00. The van der Waals surface area contributed by atoms with E-state index >= 15 is 0 Å². The van der Waals surface area contributed by atoms with Gasteiger partial charge in [0.1, 0.15) is 10.7 Å². The molecule has 0 aliphatic carbocycles. The number of hydrogen-bond donors (Lipinski definition) is 3. The van der Waals surface area contributed by atoms with Crippen molar-refractivity contribution in [3.8, 4) is 21.7 Å². The van der Waals surface area contributed by atoms with Crippen molar-refractivity contribution in [1.29, 1.82) is 0 Å². The van der Waals surface area contributed by atoms with Crippen LogP contribution < -0.4 is 5.32 Å². The summed E-state index contributed by atoms with van der Waals surface area (Å²) in [5, 5.41) is 30.4. The highest BCUT2D eigenvalue weighted by Crippen LogP contribution is 2.34. The van der Waals surface area contributed by atoms with Gasteiger partial charge >= 0.3 is 5.97 Å². The average Bonchev–Trinajstić information content (AvgIpc) is 3.54. The minimum Gasteiger partial charge on any atom is -0.478 e. The maximum Gasteiger partial charge on any atom is 0.335 e. The van der Waals surface area contributed by atoms with Crippen LogP contribution in [0.2, 0.25) is 0 Å². The molecule has 0 aliphatic rings. The van der Waals surface area contributed by atoms with Crippen LogP contribution in [0.25, 0.3) is 32.6 Å². The van der Waals surface area contributed by atoms with E-state index < -0.39 is 11.6 Å². The Bertz CT molecular complexity index is 1640. The van der Waals surface area contributed by atoms with Crippen LogP contribution >= 0.6 is 11.3 Å². The maximum absolute atomic E-state index is 13.2. The number of nitrogens with one attached hydrogen (secondary N) is 1. The van der Waals surface area contributed by atoms with Gasteiger partial charge in [-0.25, -0.2) is 9.78 Å². The summed E-state index contributed by atoms with van der Waals surface area (Å²) < 4.78 is 1.76. The second kappa shape index (κ2) is 10.2. The number of pyridine rings is 1. The lowest BCUT2D eigenvalue weighted by Crippen LogP contribution is -2.21. The predicted octanol–water partition coefficient (Wildman–Crippen LogP) is 5.33. The molecular formula is C28H25N5O4S. The highest BCUT2D eigenvalue weighted by Gasteiger charge is 2.18. The molecule has 0 unspecified atom stereocenters. The van der Waals surface area contributed by atoms with Crippen LogP contribution in [0.1, 0.15) is 41.1 Å². The highest BCUT2D eigenvalue weighted by atomic mass is 32.1. The molecule has 5 aromatic rings. The standard InChI is InChI=1S/C28H25N5O4S/c1-28(2,37)8-10-33-15-20-12-23(21(13-22(20)32-33)17-5-3-6-18(11-17)27(35)36)30-25(34)24-16-38-26(31-24)19-7-4-9-29-14-19/h3-7,9,11-16,37H,8,10H2,1-2H3,(H,30,34)(H,35,36). The molecule has 0 fully saturated rings. The molecule has 1 amide bonds. The molecule has 3 N–H and O–H groups in total. The van der Waals surface area contributed by atoms with Gasteiger partial charge in [-0.1, -0.05) is 12.1 Å². The van der Waals surface area contributed by atoms with Crippen LogP contribution in [-0.2, 0) is 6.54 Å². The third-order valence-corrected chi connectivity index (χ3v) is 6.85. The first-order valence-corrected chi connectivity index (χ1v) is 12.8. The van der Waals surface area contributed by atoms with Crippen LogP contribution in [0.5, 0.6) is 0 Å². The Hall–Kier alpha value is -4.41. The third-order valence-electron chi connectivity index (χ3n) is 5.96. The lowest BCUT2D eigenvalue weighted by atomic mass is 9.99. The Morgan fingerprint density at radius 2 is 1.92 bits per heavy atom. The summed E-state index contributed by atoms with van der Waals surface area (Å²) in [5.74, 6) is -1.43. The molecule has 0 saturated heterocycles. The second-order valence-electron chi connectivity index (χ2n) is 9.53. The summed E-state index contributed by atoms with van der Waals surface area (Å²) in [4.78, 5) is 33.4. The largest absolute Gasteiger partial charge is 0.478 e. The Morgan fingerprint density at radius 1 is 1.11 bits per heavy atom. The summed E-state index contributed by atoms with van der Waals surface area (Å²) in [5.41, 5.74) is 2.83. The predicted molar refractivity (Wildman–Crippen MR) is 146 cm³/mol. The number of aromatic nitrogens is 4. The van der Waals surface area contributed by atoms with E-state index in [1.54, 1.807) is 54.5 Å². The van der Waals surface area contributed by atoms with Crippen LogP contribution in [0, 0.1) is 0 Å². The number of aryl methyl sites for hydroxylation is 1. The zero-order valence-corrected chi connectivity index (χ0v) is 21.6. The Labute approximate surface area is 222 Å².